The van der Waals surface area contributed by atoms with Crippen LogP contribution >= 0.6 is 0 Å². The highest BCUT2D eigenvalue weighted by molar-refractivity contribution is 5.81. The number of carboxylic acid groups (broad SMARTS) is 6. The smallest absolute Gasteiger partial charge is 0.333 e. The number of hydrogen-bond acceptors (Lipinski definition) is 9. The van der Waals surface area contributed by atoms with Crippen LogP contribution in [0.25, 0.3) is 0 Å². The van der Waals surface area contributed by atoms with Crippen LogP contribution in [0.3, 0.4) is 0 Å². The molecule has 29 heavy (non-hydrogen) atoms. The van der Waals surface area contributed by atoms with Crippen molar-refractivity contribution in [2.45, 2.75) is 43.8 Å². The number of aliphatic carboxylic acids is 6. The standard InChI is InChI=1S/C14H19NO14/c16-8(17)1-5(12(22)23)15-4-11(28-6(13(24)25)2-9(18)19)29-7(14(26)27)3-10(20)21/h5-7,11,15H,1-4H2,(H,16,17)(H,18,19)(H,20,21)(H,22,23)(H,24,25)(H,26,27). The van der Waals surface area contributed by atoms with Crippen molar-refractivity contribution in [3.8, 4) is 0 Å². The molecule has 0 aliphatic heterocycles. The summed E-state index contributed by atoms with van der Waals surface area (Å²) < 4.78 is 9.72. The van der Waals surface area contributed by atoms with Gasteiger partial charge >= 0.3 is 35.8 Å². The molecule has 0 fully saturated rings. The highest BCUT2D eigenvalue weighted by Crippen LogP contribution is 2.11. The van der Waals surface area contributed by atoms with Crippen molar-refractivity contribution in [2.75, 3.05) is 6.54 Å². The van der Waals surface area contributed by atoms with Gasteiger partial charge < -0.3 is 40.1 Å². The quantitative estimate of drug-likeness (QED) is 0.128. The van der Waals surface area contributed by atoms with E-state index in [9.17, 15) is 28.8 Å². The third kappa shape index (κ3) is 11.2. The molecular weight excluding hydrogens is 406 g/mol. The number of carboxylic acids is 6. The molecular formula is C14H19NO14. The molecule has 0 radical (unpaired) electrons. The van der Waals surface area contributed by atoms with E-state index in [0.29, 0.717) is 0 Å². The molecule has 3 unspecified atom stereocenters. The van der Waals surface area contributed by atoms with Crippen LogP contribution in [0.15, 0.2) is 0 Å². The van der Waals surface area contributed by atoms with Crippen LogP contribution in [0.1, 0.15) is 19.3 Å². The van der Waals surface area contributed by atoms with Gasteiger partial charge in [0.05, 0.1) is 19.3 Å². The van der Waals surface area contributed by atoms with E-state index in [2.05, 4.69) is 5.32 Å². The summed E-state index contributed by atoms with van der Waals surface area (Å²) in [5.74, 6) is -9.87. The Bertz CT molecular complexity index is 610. The summed E-state index contributed by atoms with van der Waals surface area (Å²) in [5.41, 5.74) is 0. The fraction of sp³-hybridized carbons (Fsp3) is 0.571. The Morgan fingerprint density at radius 3 is 1.28 bits per heavy atom. The second kappa shape index (κ2) is 12.2. The molecule has 0 aromatic heterocycles. The SMILES string of the molecule is O=C(O)CC(NCC(OC(CC(=O)O)C(=O)O)OC(CC(=O)O)C(=O)O)C(=O)O. The Morgan fingerprint density at radius 2 is 1.00 bits per heavy atom. The summed E-state index contributed by atoms with van der Waals surface area (Å²) in [6.45, 7) is -0.795. The number of ether oxygens (including phenoxy) is 2. The van der Waals surface area contributed by atoms with Crippen molar-refractivity contribution in [3.63, 3.8) is 0 Å². The third-order valence-electron chi connectivity index (χ3n) is 3.11. The molecule has 0 saturated heterocycles. The first-order valence-electron chi connectivity index (χ1n) is 7.71. The topological polar surface area (TPSA) is 254 Å². The lowest BCUT2D eigenvalue weighted by Gasteiger charge is -2.26. The Balaban J connectivity index is 5.48. The van der Waals surface area contributed by atoms with Crippen LogP contribution in [0, 0.1) is 0 Å². The minimum absolute atomic E-state index is 0.795. The summed E-state index contributed by atoms with van der Waals surface area (Å²) in [4.78, 5) is 65.4. The van der Waals surface area contributed by atoms with Gasteiger partial charge in [0.1, 0.15) is 6.04 Å². The first kappa shape index (κ1) is 25.7. The van der Waals surface area contributed by atoms with Crippen LogP contribution in [-0.2, 0) is 38.2 Å². The van der Waals surface area contributed by atoms with Crippen molar-refractivity contribution < 1.29 is 68.9 Å². The van der Waals surface area contributed by atoms with Crippen LogP contribution in [0.2, 0.25) is 0 Å². The summed E-state index contributed by atoms with van der Waals surface area (Å²) in [7, 11) is 0. The van der Waals surface area contributed by atoms with E-state index in [0.717, 1.165) is 0 Å². The van der Waals surface area contributed by atoms with Gasteiger partial charge in [0, 0.05) is 6.54 Å². The number of nitrogens with one attached hydrogen (secondary N) is 1. The average Bonchev–Trinajstić information content (AvgIpc) is 2.55. The fourth-order valence-corrected chi connectivity index (χ4v) is 1.86. The van der Waals surface area contributed by atoms with E-state index in [1.807, 2.05) is 0 Å². The zero-order valence-corrected chi connectivity index (χ0v) is 14.6. The minimum Gasteiger partial charge on any atom is -0.481 e. The van der Waals surface area contributed by atoms with Crippen LogP contribution in [-0.4, -0.2) is 97.5 Å². The molecule has 0 aromatic rings. The predicted molar refractivity (Wildman–Crippen MR) is 85.0 cm³/mol. The van der Waals surface area contributed by atoms with Gasteiger partial charge in [-0.25, -0.2) is 9.59 Å². The molecule has 0 bridgehead atoms. The molecule has 3 atom stereocenters. The molecule has 0 amide bonds. The molecule has 0 spiro atoms. The molecule has 0 heterocycles. The van der Waals surface area contributed by atoms with Gasteiger partial charge in [-0.3, -0.25) is 24.5 Å². The van der Waals surface area contributed by atoms with Crippen molar-refractivity contribution in [1.29, 1.82) is 0 Å². The molecule has 15 nitrogen and oxygen atoms in total. The average molecular weight is 425 g/mol. The van der Waals surface area contributed by atoms with E-state index in [4.69, 9.17) is 40.1 Å². The molecule has 7 N–H and O–H groups in total. The van der Waals surface area contributed by atoms with Gasteiger partial charge in [-0.1, -0.05) is 0 Å². The summed E-state index contributed by atoms with van der Waals surface area (Å²) in [6.07, 6.45) is -9.13. The summed E-state index contributed by atoms with van der Waals surface area (Å²) in [5, 5.41) is 55.2. The molecule has 15 heteroatoms. The van der Waals surface area contributed by atoms with Gasteiger partial charge in [-0.15, -0.1) is 0 Å². The van der Waals surface area contributed by atoms with E-state index >= 15 is 0 Å². The number of hydrogen-bond donors (Lipinski definition) is 7. The maximum atomic E-state index is 11.1. The molecule has 164 valence electrons. The van der Waals surface area contributed by atoms with Crippen molar-refractivity contribution in [2.24, 2.45) is 0 Å². The van der Waals surface area contributed by atoms with E-state index in [1.165, 1.54) is 0 Å². The molecule has 0 rings (SSSR count). The number of rotatable bonds is 16. The lowest BCUT2D eigenvalue weighted by atomic mass is 10.2. The Kier molecular flexibility index (Phi) is 10.8. The third-order valence-corrected chi connectivity index (χ3v) is 3.11. The highest BCUT2D eigenvalue weighted by atomic mass is 16.7. The maximum Gasteiger partial charge on any atom is 0.333 e. The van der Waals surface area contributed by atoms with Crippen molar-refractivity contribution in [1.82, 2.24) is 5.32 Å². The Labute approximate surface area is 161 Å². The van der Waals surface area contributed by atoms with Gasteiger partial charge in [0.25, 0.3) is 0 Å². The molecule has 0 aliphatic carbocycles. The van der Waals surface area contributed by atoms with E-state index in [-0.39, 0.29) is 0 Å². The second-order valence-corrected chi connectivity index (χ2v) is 5.45. The monoisotopic (exact) mass is 425 g/mol. The van der Waals surface area contributed by atoms with Crippen molar-refractivity contribution >= 4 is 35.8 Å². The summed E-state index contributed by atoms with van der Waals surface area (Å²) in [6, 6.07) is -1.72. The lowest BCUT2D eigenvalue weighted by molar-refractivity contribution is -0.213. The van der Waals surface area contributed by atoms with Crippen LogP contribution in [0.4, 0.5) is 0 Å². The zero-order valence-electron chi connectivity index (χ0n) is 14.6. The first-order valence-corrected chi connectivity index (χ1v) is 7.71. The largest absolute Gasteiger partial charge is 0.481 e. The van der Waals surface area contributed by atoms with E-state index in [1.54, 1.807) is 0 Å². The predicted octanol–water partition coefficient (Wildman–Crippen LogP) is -2.28. The zero-order chi connectivity index (χ0) is 22.7. The van der Waals surface area contributed by atoms with Crippen LogP contribution in [0.5, 0.6) is 0 Å². The second-order valence-electron chi connectivity index (χ2n) is 5.45. The first-order chi connectivity index (χ1) is 13.3. The molecule has 0 aliphatic rings. The van der Waals surface area contributed by atoms with E-state index < -0.39 is 86.2 Å². The van der Waals surface area contributed by atoms with Gasteiger partial charge in [-0.2, -0.15) is 0 Å². The molecule has 0 saturated carbocycles. The Hall–Kier alpha value is -3.30. The van der Waals surface area contributed by atoms with Gasteiger partial charge in [0.2, 0.25) is 0 Å². The lowest BCUT2D eigenvalue weighted by Crippen LogP contribution is -2.47. The fourth-order valence-electron chi connectivity index (χ4n) is 1.86. The minimum atomic E-state index is -2.05. The molecule has 0 aromatic carbocycles. The summed E-state index contributed by atoms with van der Waals surface area (Å²) >= 11 is 0. The van der Waals surface area contributed by atoms with Crippen LogP contribution < -0.4 is 5.32 Å². The maximum absolute atomic E-state index is 11.1. The number of carbonyl (C=O) groups is 6. The highest BCUT2D eigenvalue weighted by Gasteiger charge is 2.32. The Morgan fingerprint density at radius 1 is 0.621 bits per heavy atom. The van der Waals surface area contributed by atoms with Crippen molar-refractivity contribution in [3.05, 3.63) is 0 Å². The van der Waals surface area contributed by atoms with Gasteiger partial charge in [-0.05, 0) is 0 Å². The van der Waals surface area contributed by atoms with Gasteiger partial charge in [0.15, 0.2) is 18.5 Å². The normalized spacial score (nSPS) is 14.9.